The molecule has 0 saturated carbocycles. The number of nitrogens with zero attached hydrogens (tertiary/aromatic N) is 5. The lowest BCUT2D eigenvalue weighted by Crippen LogP contribution is -2.33. The molecule has 7 heteroatoms. The lowest BCUT2D eigenvalue weighted by atomic mass is 10.1. The third kappa shape index (κ3) is 4.17. The van der Waals surface area contributed by atoms with Gasteiger partial charge in [-0.1, -0.05) is 5.16 Å². The normalized spacial score (nSPS) is 20.1. The number of likely N-dealkylation sites (tertiary alicyclic amines) is 1. The van der Waals surface area contributed by atoms with E-state index in [1.165, 1.54) is 30.5 Å². The fourth-order valence-corrected chi connectivity index (χ4v) is 3.27. The van der Waals surface area contributed by atoms with E-state index >= 15 is 0 Å². The van der Waals surface area contributed by atoms with E-state index in [0.29, 0.717) is 11.9 Å². The minimum Gasteiger partial charge on any atom is -0.340 e. The van der Waals surface area contributed by atoms with Gasteiger partial charge in [-0.3, -0.25) is 14.9 Å². The maximum absolute atomic E-state index is 5.06. The highest BCUT2D eigenvalue weighted by Gasteiger charge is 2.22. The van der Waals surface area contributed by atoms with Crippen LogP contribution < -0.4 is 0 Å². The van der Waals surface area contributed by atoms with Crippen LogP contribution in [-0.2, 0) is 13.1 Å². The van der Waals surface area contributed by atoms with Crippen LogP contribution >= 0.6 is 0 Å². The van der Waals surface area contributed by atoms with Crippen LogP contribution in [0.5, 0.6) is 0 Å². The van der Waals surface area contributed by atoms with Crippen LogP contribution in [0.4, 0.5) is 0 Å². The molecule has 1 aliphatic rings. The van der Waals surface area contributed by atoms with Crippen molar-refractivity contribution in [3.05, 3.63) is 29.2 Å². The highest BCUT2D eigenvalue weighted by Crippen LogP contribution is 2.19. The molecule has 1 fully saturated rings. The number of aryl methyl sites for hydroxylation is 2. The summed E-state index contributed by atoms with van der Waals surface area (Å²) in [5.41, 5.74) is 2.48. The maximum Gasteiger partial charge on any atom is 0.223 e. The van der Waals surface area contributed by atoms with E-state index in [0.717, 1.165) is 32.0 Å². The van der Waals surface area contributed by atoms with Gasteiger partial charge in [0.25, 0.3) is 0 Å². The highest BCUT2D eigenvalue weighted by atomic mass is 16.5. The SMILES string of the molecule is Cc1nc(CN(C)C2CCCN(Cc3cn[nH]c3C)CC2)no1. The summed E-state index contributed by atoms with van der Waals surface area (Å²) in [6.45, 7) is 7.92. The number of nitrogens with one attached hydrogen (secondary N) is 1. The van der Waals surface area contributed by atoms with E-state index < -0.39 is 0 Å². The Bertz CT molecular complexity index is 622. The zero-order valence-corrected chi connectivity index (χ0v) is 14.2. The Morgan fingerprint density at radius 2 is 2.22 bits per heavy atom. The van der Waals surface area contributed by atoms with E-state index in [1.807, 2.05) is 13.1 Å². The summed E-state index contributed by atoms with van der Waals surface area (Å²) in [5.74, 6) is 1.41. The quantitative estimate of drug-likeness (QED) is 0.907. The van der Waals surface area contributed by atoms with Gasteiger partial charge in [-0.25, -0.2) is 0 Å². The Balaban J connectivity index is 1.52. The topological polar surface area (TPSA) is 74.1 Å². The molecule has 2 aromatic heterocycles. The zero-order chi connectivity index (χ0) is 16.2. The Morgan fingerprint density at radius 3 is 2.91 bits per heavy atom. The third-order valence-electron chi connectivity index (χ3n) is 4.70. The van der Waals surface area contributed by atoms with E-state index in [4.69, 9.17) is 4.52 Å². The van der Waals surface area contributed by atoms with E-state index in [-0.39, 0.29) is 0 Å². The molecule has 0 aliphatic carbocycles. The highest BCUT2D eigenvalue weighted by molar-refractivity contribution is 5.14. The van der Waals surface area contributed by atoms with Gasteiger partial charge in [-0.15, -0.1) is 0 Å². The number of rotatable bonds is 5. The predicted octanol–water partition coefficient (Wildman–Crippen LogP) is 1.90. The molecular weight excluding hydrogens is 292 g/mol. The summed E-state index contributed by atoms with van der Waals surface area (Å²) in [6.07, 6.45) is 5.55. The standard InChI is InChI=1S/C16H26N6O/c1-12-14(9-17-19-12)10-22-7-4-5-15(6-8-22)21(3)11-16-18-13(2)23-20-16/h9,15H,4-8,10-11H2,1-3H3,(H,17,19). The van der Waals surface area contributed by atoms with Gasteiger partial charge in [0.15, 0.2) is 5.82 Å². The van der Waals surface area contributed by atoms with Gasteiger partial charge in [0.05, 0.1) is 12.7 Å². The summed E-state index contributed by atoms with van der Waals surface area (Å²) < 4.78 is 5.06. The van der Waals surface area contributed by atoms with E-state index in [2.05, 4.69) is 44.1 Å². The monoisotopic (exact) mass is 318 g/mol. The first-order chi connectivity index (χ1) is 11.1. The molecule has 7 nitrogen and oxygen atoms in total. The smallest absolute Gasteiger partial charge is 0.223 e. The van der Waals surface area contributed by atoms with Crippen molar-refractivity contribution in [2.45, 2.75) is 52.2 Å². The fourth-order valence-electron chi connectivity index (χ4n) is 3.27. The molecule has 0 spiro atoms. The minimum absolute atomic E-state index is 0.573. The van der Waals surface area contributed by atoms with Crippen LogP contribution in [0.15, 0.2) is 10.7 Å². The number of aromatic amines is 1. The van der Waals surface area contributed by atoms with Gasteiger partial charge in [0.2, 0.25) is 5.89 Å². The Labute approximate surface area is 137 Å². The number of hydrogen-bond donors (Lipinski definition) is 1. The molecular formula is C16H26N6O. The summed E-state index contributed by atoms with van der Waals surface area (Å²) in [4.78, 5) is 9.19. The average molecular weight is 318 g/mol. The molecule has 0 amide bonds. The number of H-pyrrole nitrogens is 1. The molecule has 1 N–H and O–H groups in total. The number of hydrogen-bond acceptors (Lipinski definition) is 6. The van der Waals surface area contributed by atoms with Crippen molar-refractivity contribution in [3.8, 4) is 0 Å². The Kier molecular flexibility index (Phi) is 5.07. The lowest BCUT2D eigenvalue weighted by Gasteiger charge is -2.26. The molecule has 1 aliphatic heterocycles. The molecule has 0 bridgehead atoms. The molecule has 0 radical (unpaired) electrons. The first kappa shape index (κ1) is 16.1. The first-order valence-electron chi connectivity index (χ1n) is 8.32. The molecule has 1 saturated heterocycles. The second-order valence-electron chi connectivity index (χ2n) is 6.53. The summed E-state index contributed by atoms with van der Waals surface area (Å²) in [5, 5.41) is 11.1. The molecule has 23 heavy (non-hydrogen) atoms. The van der Waals surface area contributed by atoms with Crippen molar-refractivity contribution in [2.75, 3.05) is 20.1 Å². The van der Waals surface area contributed by atoms with Gasteiger partial charge in [-0.2, -0.15) is 10.1 Å². The Morgan fingerprint density at radius 1 is 1.35 bits per heavy atom. The van der Waals surface area contributed by atoms with E-state index in [9.17, 15) is 0 Å². The van der Waals surface area contributed by atoms with Crippen molar-refractivity contribution in [1.29, 1.82) is 0 Å². The van der Waals surface area contributed by atoms with Crippen LogP contribution in [-0.4, -0.2) is 56.3 Å². The largest absolute Gasteiger partial charge is 0.340 e. The predicted molar refractivity (Wildman–Crippen MR) is 86.7 cm³/mol. The number of aromatic nitrogens is 4. The third-order valence-corrected chi connectivity index (χ3v) is 4.70. The van der Waals surface area contributed by atoms with Crippen LogP contribution in [0.2, 0.25) is 0 Å². The van der Waals surface area contributed by atoms with Crippen molar-refractivity contribution < 1.29 is 4.52 Å². The van der Waals surface area contributed by atoms with Crippen molar-refractivity contribution in [2.24, 2.45) is 0 Å². The summed E-state index contributed by atoms with van der Waals surface area (Å²) in [7, 11) is 2.16. The van der Waals surface area contributed by atoms with E-state index in [1.54, 1.807) is 0 Å². The zero-order valence-electron chi connectivity index (χ0n) is 14.2. The fraction of sp³-hybridized carbons (Fsp3) is 0.688. The van der Waals surface area contributed by atoms with Crippen LogP contribution in [0.1, 0.15) is 42.2 Å². The summed E-state index contributed by atoms with van der Waals surface area (Å²) >= 11 is 0. The second kappa shape index (κ2) is 7.23. The molecule has 1 unspecified atom stereocenters. The molecule has 3 rings (SSSR count). The molecule has 0 aromatic carbocycles. The maximum atomic E-state index is 5.06. The summed E-state index contributed by atoms with van der Waals surface area (Å²) in [6, 6.07) is 0.573. The van der Waals surface area contributed by atoms with Gasteiger partial charge in [0, 0.05) is 30.8 Å². The van der Waals surface area contributed by atoms with Gasteiger partial charge >= 0.3 is 0 Å². The average Bonchev–Trinajstić information content (AvgIpc) is 3.02. The van der Waals surface area contributed by atoms with Crippen LogP contribution in [0, 0.1) is 13.8 Å². The molecule has 126 valence electrons. The van der Waals surface area contributed by atoms with Crippen molar-refractivity contribution in [1.82, 2.24) is 30.1 Å². The van der Waals surface area contributed by atoms with Crippen LogP contribution in [0.25, 0.3) is 0 Å². The molecule has 1 atom stereocenters. The van der Waals surface area contributed by atoms with Gasteiger partial charge < -0.3 is 4.52 Å². The molecule has 2 aromatic rings. The van der Waals surface area contributed by atoms with Gasteiger partial charge in [-0.05, 0) is 46.3 Å². The van der Waals surface area contributed by atoms with Crippen molar-refractivity contribution >= 4 is 0 Å². The van der Waals surface area contributed by atoms with Gasteiger partial charge in [0.1, 0.15) is 0 Å². The minimum atomic E-state index is 0.573. The first-order valence-corrected chi connectivity index (χ1v) is 8.32. The second-order valence-corrected chi connectivity index (χ2v) is 6.53. The van der Waals surface area contributed by atoms with Crippen molar-refractivity contribution in [3.63, 3.8) is 0 Å². The Hall–Kier alpha value is -1.73. The molecule has 3 heterocycles. The lowest BCUT2D eigenvalue weighted by molar-refractivity contribution is 0.200. The van der Waals surface area contributed by atoms with Crippen LogP contribution in [0.3, 0.4) is 0 Å².